The summed E-state index contributed by atoms with van der Waals surface area (Å²) in [5, 5.41) is 0. The molecule has 0 bridgehead atoms. The fourth-order valence-electron chi connectivity index (χ4n) is 5.81. The smallest absolute Gasteiger partial charge is 0.416 e. The molecule has 1 aliphatic rings. The van der Waals surface area contributed by atoms with Gasteiger partial charge in [0.15, 0.2) is 15.6 Å². The molecule has 0 amide bonds. The normalized spacial score (nSPS) is 15.0. The average molecular weight is 703 g/mol. The number of halogens is 6. The zero-order chi connectivity index (χ0) is 35.3. The van der Waals surface area contributed by atoms with Gasteiger partial charge in [0.2, 0.25) is 5.95 Å². The Hall–Kier alpha value is -3.75. The van der Waals surface area contributed by atoms with Gasteiger partial charge in [0, 0.05) is 37.6 Å². The molecule has 1 aliphatic carbocycles. The highest BCUT2D eigenvalue weighted by Gasteiger charge is 2.38. The van der Waals surface area contributed by atoms with Crippen molar-refractivity contribution in [3.05, 3.63) is 71.0 Å². The first-order valence-electron chi connectivity index (χ1n) is 15.6. The van der Waals surface area contributed by atoms with Crippen LogP contribution in [0.25, 0.3) is 0 Å². The van der Waals surface area contributed by atoms with Gasteiger partial charge in [-0.3, -0.25) is 0 Å². The van der Waals surface area contributed by atoms with E-state index in [0.29, 0.717) is 30.3 Å². The lowest BCUT2D eigenvalue weighted by molar-refractivity contribution is -0.143. The van der Waals surface area contributed by atoms with Crippen LogP contribution in [0, 0.1) is 5.92 Å². The van der Waals surface area contributed by atoms with Crippen molar-refractivity contribution in [2.75, 3.05) is 48.6 Å². The Balaban J connectivity index is 1.79. The standard InChI is InChI=1S/C33H40F6N4O4S/c1-5-42(20-23-8-6-7-9-23)30-17-28(46-3)11-10-24(30)21-43(31-40-18-29(19-41-31)47-12-13-48(4,44)45)22(2)25-14-26(32(34,35)36)16-27(15-25)33(37,38)39/h10-11,14-19,22-23H,5-9,12-13,20-21H2,1-4H3. The lowest BCUT2D eigenvalue weighted by atomic mass is 9.98. The number of methoxy groups -OCH3 is 1. The Bertz CT molecular complexity index is 1600. The number of benzene rings is 2. The van der Waals surface area contributed by atoms with Crippen molar-refractivity contribution < 1.29 is 44.2 Å². The van der Waals surface area contributed by atoms with Gasteiger partial charge in [-0.2, -0.15) is 26.3 Å². The Labute approximate surface area is 277 Å². The monoisotopic (exact) mass is 702 g/mol. The summed E-state index contributed by atoms with van der Waals surface area (Å²) in [7, 11) is -1.75. The molecule has 4 rings (SSSR count). The maximum atomic E-state index is 13.8. The van der Waals surface area contributed by atoms with Gasteiger partial charge in [0.25, 0.3) is 0 Å². The van der Waals surface area contributed by atoms with Crippen LogP contribution >= 0.6 is 0 Å². The third-order valence-corrected chi connectivity index (χ3v) is 9.37. The number of nitrogens with zero attached hydrogens (tertiary/aromatic N) is 4. The molecule has 0 N–H and O–H groups in total. The van der Waals surface area contributed by atoms with E-state index in [0.717, 1.165) is 49.7 Å². The molecular weight excluding hydrogens is 662 g/mol. The van der Waals surface area contributed by atoms with Crippen LogP contribution in [0.3, 0.4) is 0 Å². The minimum absolute atomic E-state index is 0.0181. The molecule has 1 saturated carbocycles. The highest BCUT2D eigenvalue weighted by Crippen LogP contribution is 2.40. The van der Waals surface area contributed by atoms with Gasteiger partial charge in [-0.25, -0.2) is 18.4 Å². The molecule has 1 aromatic heterocycles. The SMILES string of the molecule is CCN(CC1CCCC1)c1cc(OC)ccc1CN(c1ncc(OCCS(C)(=O)=O)cn1)C(C)c1cc(C(F)(F)F)cc(C(F)(F)F)c1. The second-order valence-corrected chi connectivity index (χ2v) is 14.3. The molecule has 8 nitrogen and oxygen atoms in total. The maximum absolute atomic E-state index is 13.8. The molecule has 1 unspecified atom stereocenters. The number of anilines is 2. The van der Waals surface area contributed by atoms with Crippen LogP contribution in [0.1, 0.15) is 67.8 Å². The van der Waals surface area contributed by atoms with Crippen LogP contribution in [0.5, 0.6) is 11.5 Å². The van der Waals surface area contributed by atoms with Gasteiger partial charge in [-0.1, -0.05) is 18.9 Å². The van der Waals surface area contributed by atoms with Crippen molar-refractivity contribution in [2.45, 2.75) is 64.5 Å². The molecule has 15 heteroatoms. The van der Waals surface area contributed by atoms with Crippen molar-refractivity contribution in [1.29, 1.82) is 0 Å². The third kappa shape index (κ3) is 9.89. The number of alkyl halides is 6. The quantitative estimate of drug-likeness (QED) is 0.158. The van der Waals surface area contributed by atoms with E-state index in [4.69, 9.17) is 9.47 Å². The molecule has 1 fully saturated rings. The lowest BCUT2D eigenvalue weighted by Crippen LogP contribution is -2.32. The zero-order valence-electron chi connectivity index (χ0n) is 27.2. The molecule has 48 heavy (non-hydrogen) atoms. The first kappa shape index (κ1) is 37.1. The van der Waals surface area contributed by atoms with E-state index in [1.807, 2.05) is 19.1 Å². The van der Waals surface area contributed by atoms with Crippen molar-refractivity contribution in [3.8, 4) is 11.5 Å². The van der Waals surface area contributed by atoms with Crippen LogP contribution < -0.4 is 19.3 Å². The van der Waals surface area contributed by atoms with E-state index in [1.165, 1.54) is 24.2 Å². The number of hydrogen-bond acceptors (Lipinski definition) is 8. The van der Waals surface area contributed by atoms with E-state index in [-0.39, 0.29) is 42.2 Å². The number of aromatic nitrogens is 2. The minimum Gasteiger partial charge on any atom is -0.497 e. The Morgan fingerprint density at radius 3 is 2.06 bits per heavy atom. The Morgan fingerprint density at radius 1 is 0.938 bits per heavy atom. The number of hydrogen-bond donors (Lipinski definition) is 0. The number of rotatable bonds is 14. The van der Waals surface area contributed by atoms with E-state index < -0.39 is 39.4 Å². The first-order chi connectivity index (χ1) is 22.5. The number of ether oxygens (including phenoxy) is 2. The van der Waals surface area contributed by atoms with Crippen LogP contribution in [0.2, 0.25) is 0 Å². The molecular formula is C33H40F6N4O4S. The summed E-state index contributed by atoms with van der Waals surface area (Å²) in [5.74, 6) is 1.00. The summed E-state index contributed by atoms with van der Waals surface area (Å²) < 4.78 is 117. The van der Waals surface area contributed by atoms with Gasteiger partial charge in [0.1, 0.15) is 12.4 Å². The zero-order valence-corrected chi connectivity index (χ0v) is 28.1. The summed E-state index contributed by atoms with van der Waals surface area (Å²) in [6, 6.07) is 5.90. The summed E-state index contributed by atoms with van der Waals surface area (Å²) in [6.07, 6.45) is -1.91. The predicted octanol–water partition coefficient (Wildman–Crippen LogP) is 7.73. The highest BCUT2D eigenvalue weighted by molar-refractivity contribution is 7.90. The van der Waals surface area contributed by atoms with Crippen LogP contribution in [0.15, 0.2) is 48.8 Å². The maximum Gasteiger partial charge on any atom is 0.416 e. The van der Waals surface area contributed by atoms with Gasteiger partial charge < -0.3 is 19.3 Å². The van der Waals surface area contributed by atoms with Crippen molar-refractivity contribution >= 4 is 21.5 Å². The van der Waals surface area contributed by atoms with Crippen molar-refractivity contribution in [2.24, 2.45) is 5.92 Å². The fourth-order valence-corrected chi connectivity index (χ4v) is 6.19. The second kappa shape index (κ2) is 15.2. The molecule has 264 valence electrons. The lowest BCUT2D eigenvalue weighted by Gasteiger charge is -2.34. The predicted molar refractivity (Wildman–Crippen MR) is 171 cm³/mol. The summed E-state index contributed by atoms with van der Waals surface area (Å²) in [6.45, 7) is 4.82. The molecule has 0 aliphatic heterocycles. The van der Waals surface area contributed by atoms with Crippen LogP contribution in [0.4, 0.5) is 38.0 Å². The minimum atomic E-state index is -5.02. The van der Waals surface area contributed by atoms with E-state index in [1.54, 1.807) is 13.2 Å². The van der Waals surface area contributed by atoms with Crippen molar-refractivity contribution in [3.63, 3.8) is 0 Å². The summed E-state index contributed by atoms with van der Waals surface area (Å²) >= 11 is 0. The largest absolute Gasteiger partial charge is 0.497 e. The van der Waals surface area contributed by atoms with Crippen LogP contribution in [-0.2, 0) is 28.7 Å². The van der Waals surface area contributed by atoms with Gasteiger partial charge in [-0.15, -0.1) is 0 Å². The summed E-state index contributed by atoms with van der Waals surface area (Å²) in [5.41, 5.74) is -1.52. The van der Waals surface area contributed by atoms with Crippen molar-refractivity contribution in [1.82, 2.24) is 9.97 Å². The summed E-state index contributed by atoms with van der Waals surface area (Å²) in [4.78, 5) is 12.4. The van der Waals surface area contributed by atoms with E-state index in [2.05, 4.69) is 14.9 Å². The second-order valence-electron chi connectivity index (χ2n) is 12.0. The molecule has 3 aromatic rings. The highest BCUT2D eigenvalue weighted by atomic mass is 32.2. The molecule has 2 aromatic carbocycles. The third-order valence-electron chi connectivity index (χ3n) is 8.46. The Kier molecular flexibility index (Phi) is 11.7. The molecule has 1 atom stereocenters. The first-order valence-corrected chi connectivity index (χ1v) is 17.6. The van der Waals surface area contributed by atoms with Gasteiger partial charge in [-0.05, 0) is 68.0 Å². The molecule has 0 radical (unpaired) electrons. The van der Waals surface area contributed by atoms with E-state index >= 15 is 0 Å². The molecule has 0 saturated heterocycles. The Morgan fingerprint density at radius 2 is 1.54 bits per heavy atom. The number of sulfone groups is 1. The van der Waals surface area contributed by atoms with E-state index in [9.17, 15) is 34.8 Å². The van der Waals surface area contributed by atoms with Crippen LogP contribution in [-0.4, -0.2) is 57.2 Å². The van der Waals surface area contributed by atoms with Gasteiger partial charge in [0.05, 0.1) is 42.4 Å². The average Bonchev–Trinajstić information content (AvgIpc) is 3.54. The van der Waals surface area contributed by atoms with Gasteiger partial charge >= 0.3 is 12.4 Å². The fraction of sp³-hybridized carbons (Fsp3) is 0.515. The molecule has 0 spiro atoms. The molecule has 1 heterocycles. The topological polar surface area (TPSA) is 84.9 Å².